The van der Waals surface area contributed by atoms with E-state index in [1.54, 1.807) is 26.4 Å². The van der Waals surface area contributed by atoms with Crippen molar-refractivity contribution in [2.75, 3.05) is 26.6 Å². The number of likely N-dealkylation sites (N-methyl/N-ethyl adjacent to an activating group) is 1. The third kappa shape index (κ3) is 4.93. The minimum Gasteiger partial charge on any atom is -0.497 e. The molecule has 6 heteroatoms. The number of carbonyl (C=O) groups excluding carboxylic acids is 1. The predicted molar refractivity (Wildman–Crippen MR) is 94.6 cm³/mol. The number of ether oxygens (including phenoxy) is 2. The van der Waals surface area contributed by atoms with Crippen molar-refractivity contribution >= 4 is 11.6 Å². The van der Waals surface area contributed by atoms with Crippen LogP contribution in [0.1, 0.15) is 12.5 Å². The first-order valence-electron chi connectivity index (χ1n) is 8.04. The highest BCUT2D eigenvalue weighted by atomic mass is 19.1. The number of methoxy groups -OCH3 is 2. The van der Waals surface area contributed by atoms with E-state index in [4.69, 9.17) is 9.47 Å². The first kappa shape index (κ1) is 18.7. The summed E-state index contributed by atoms with van der Waals surface area (Å²) in [4.78, 5) is 13.4. The molecule has 0 saturated carbocycles. The van der Waals surface area contributed by atoms with Gasteiger partial charge in [0.25, 0.3) is 5.91 Å². The van der Waals surface area contributed by atoms with E-state index < -0.39 is 0 Å². The Morgan fingerprint density at radius 3 is 2.44 bits per heavy atom. The Labute approximate surface area is 147 Å². The summed E-state index contributed by atoms with van der Waals surface area (Å²) in [5, 5.41) is 2.80. The maximum Gasteiger partial charge on any atom is 0.282 e. The molecule has 0 aromatic heterocycles. The van der Waals surface area contributed by atoms with Gasteiger partial charge in [-0.05, 0) is 43.3 Å². The minimum absolute atomic E-state index is 0.128. The summed E-state index contributed by atoms with van der Waals surface area (Å²) in [5.41, 5.74) is 1.57. The van der Waals surface area contributed by atoms with Gasteiger partial charge in [-0.1, -0.05) is 0 Å². The normalized spacial score (nSPS) is 13.0. The fourth-order valence-corrected chi connectivity index (χ4v) is 2.46. The topological polar surface area (TPSA) is 52.0 Å². The number of nitrogens with one attached hydrogen (secondary N) is 2. The Hall–Kier alpha value is -2.60. The van der Waals surface area contributed by atoms with Crippen molar-refractivity contribution in [3.8, 4) is 11.5 Å². The van der Waals surface area contributed by atoms with E-state index in [9.17, 15) is 9.18 Å². The summed E-state index contributed by atoms with van der Waals surface area (Å²) < 4.78 is 23.5. The molecule has 2 aromatic carbocycles. The monoisotopic (exact) mass is 347 g/mol. The van der Waals surface area contributed by atoms with Gasteiger partial charge in [-0.15, -0.1) is 0 Å². The van der Waals surface area contributed by atoms with Crippen molar-refractivity contribution in [2.45, 2.75) is 19.5 Å². The number of rotatable bonds is 7. The predicted octanol–water partition coefficient (Wildman–Crippen LogP) is 1.88. The summed E-state index contributed by atoms with van der Waals surface area (Å²) in [6.45, 7) is 2.47. The molecule has 1 unspecified atom stereocenters. The molecular formula is C19H24FN2O3+. The Morgan fingerprint density at radius 2 is 1.84 bits per heavy atom. The van der Waals surface area contributed by atoms with Gasteiger partial charge in [0, 0.05) is 17.3 Å². The van der Waals surface area contributed by atoms with Gasteiger partial charge >= 0.3 is 0 Å². The van der Waals surface area contributed by atoms with E-state index in [0.29, 0.717) is 12.2 Å². The fourth-order valence-electron chi connectivity index (χ4n) is 2.46. The van der Waals surface area contributed by atoms with Crippen molar-refractivity contribution in [2.24, 2.45) is 0 Å². The van der Waals surface area contributed by atoms with Gasteiger partial charge in [0.1, 0.15) is 23.9 Å². The van der Waals surface area contributed by atoms with E-state index in [2.05, 4.69) is 5.32 Å². The standard InChI is InChI=1S/C19H23FN2O3/c1-13(19(23)21-16-8-6-15(20)7-9-16)22(2)12-14-5-10-17(24-3)11-18(14)25-4/h5-11,13H,12H2,1-4H3,(H,21,23)/p+1/t13-/m1/s1. The average molecular weight is 347 g/mol. The Balaban J connectivity index is 2.03. The zero-order chi connectivity index (χ0) is 18.4. The molecule has 0 aliphatic carbocycles. The second-order valence-electron chi connectivity index (χ2n) is 5.92. The molecule has 134 valence electrons. The van der Waals surface area contributed by atoms with Crippen LogP contribution < -0.4 is 19.7 Å². The Morgan fingerprint density at radius 1 is 1.16 bits per heavy atom. The maximum absolute atomic E-state index is 12.9. The highest BCUT2D eigenvalue weighted by Gasteiger charge is 2.23. The summed E-state index contributed by atoms with van der Waals surface area (Å²) in [6.07, 6.45) is 0. The van der Waals surface area contributed by atoms with Crippen LogP contribution in [-0.4, -0.2) is 33.2 Å². The second-order valence-corrected chi connectivity index (χ2v) is 5.92. The molecule has 2 N–H and O–H groups in total. The summed E-state index contributed by atoms with van der Waals surface area (Å²) in [6, 6.07) is 11.1. The molecule has 0 radical (unpaired) electrons. The number of anilines is 1. The maximum atomic E-state index is 12.9. The summed E-state index contributed by atoms with van der Waals surface area (Å²) in [5.74, 6) is 0.988. The van der Waals surface area contributed by atoms with Gasteiger partial charge in [0.05, 0.1) is 21.3 Å². The van der Waals surface area contributed by atoms with Crippen LogP contribution in [0.2, 0.25) is 0 Å². The molecule has 5 nitrogen and oxygen atoms in total. The molecule has 0 aliphatic heterocycles. The molecule has 0 heterocycles. The van der Waals surface area contributed by atoms with E-state index >= 15 is 0 Å². The zero-order valence-electron chi connectivity index (χ0n) is 14.9. The van der Waals surface area contributed by atoms with E-state index in [-0.39, 0.29) is 17.8 Å². The van der Waals surface area contributed by atoms with E-state index in [1.807, 2.05) is 32.2 Å². The highest BCUT2D eigenvalue weighted by molar-refractivity contribution is 5.93. The number of hydrogen-bond acceptors (Lipinski definition) is 3. The molecule has 0 bridgehead atoms. The van der Waals surface area contributed by atoms with Gasteiger partial charge in [-0.3, -0.25) is 4.79 Å². The van der Waals surface area contributed by atoms with E-state index in [1.165, 1.54) is 12.1 Å². The molecule has 0 saturated heterocycles. The molecule has 25 heavy (non-hydrogen) atoms. The van der Waals surface area contributed by atoms with Gasteiger partial charge in [0.2, 0.25) is 0 Å². The molecule has 0 aliphatic rings. The highest BCUT2D eigenvalue weighted by Crippen LogP contribution is 2.23. The smallest absolute Gasteiger partial charge is 0.282 e. The van der Waals surface area contributed by atoms with Crippen molar-refractivity contribution in [1.82, 2.24) is 0 Å². The van der Waals surface area contributed by atoms with Crippen LogP contribution in [0.3, 0.4) is 0 Å². The van der Waals surface area contributed by atoms with Crippen molar-refractivity contribution < 1.29 is 23.6 Å². The number of hydrogen-bond donors (Lipinski definition) is 2. The Bertz CT molecular complexity index is 719. The van der Waals surface area contributed by atoms with Crippen LogP contribution in [-0.2, 0) is 11.3 Å². The largest absolute Gasteiger partial charge is 0.497 e. The van der Waals surface area contributed by atoms with Crippen LogP contribution in [0.5, 0.6) is 11.5 Å². The zero-order valence-corrected chi connectivity index (χ0v) is 14.9. The van der Waals surface area contributed by atoms with Crippen molar-refractivity contribution in [1.29, 1.82) is 0 Å². The quantitative estimate of drug-likeness (QED) is 0.804. The molecule has 2 aromatic rings. The van der Waals surface area contributed by atoms with E-state index in [0.717, 1.165) is 22.0 Å². The van der Waals surface area contributed by atoms with Gasteiger partial charge in [-0.2, -0.15) is 0 Å². The third-order valence-corrected chi connectivity index (χ3v) is 4.21. The first-order valence-corrected chi connectivity index (χ1v) is 8.04. The van der Waals surface area contributed by atoms with Crippen LogP contribution in [0.4, 0.5) is 10.1 Å². The lowest BCUT2D eigenvalue weighted by Crippen LogP contribution is -3.12. The number of amides is 1. The summed E-state index contributed by atoms with van der Waals surface area (Å²) in [7, 11) is 5.16. The molecular weight excluding hydrogens is 323 g/mol. The van der Waals surface area contributed by atoms with Gasteiger partial charge < -0.3 is 19.7 Å². The van der Waals surface area contributed by atoms with Crippen LogP contribution in [0.25, 0.3) is 0 Å². The first-order chi connectivity index (χ1) is 11.9. The van der Waals surface area contributed by atoms with Crippen LogP contribution in [0.15, 0.2) is 42.5 Å². The number of benzene rings is 2. The lowest BCUT2D eigenvalue weighted by atomic mass is 10.1. The minimum atomic E-state index is -0.333. The molecule has 2 atom stereocenters. The lowest BCUT2D eigenvalue weighted by Gasteiger charge is -2.22. The number of quaternary nitrogens is 1. The SMILES string of the molecule is COc1ccc(C[NH+](C)[C@H](C)C(=O)Nc2ccc(F)cc2)c(OC)c1. The molecule has 1 amide bonds. The lowest BCUT2D eigenvalue weighted by molar-refractivity contribution is -0.907. The number of carbonyl (C=O) groups is 1. The Kier molecular flexibility index (Phi) is 6.36. The fraction of sp³-hybridized carbons (Fsp3) is 0.316. The second kappa shape index (κ2) is 8.48. The summed E-state index contributed by atoms with van der Waals surface area (Å²) >= 11 is 0. The van der Waals surface area contributed by atoms with Crippen LogP contribution >= 0.6 is 0 Å². The van der Waals surface area contributed by atoms with Gasteiger partial charge in [0.15, 0.2) is 6.04 Å². The number of halogens is 1. The average Bonchev–Trinajstić information content (AvgIpc) is 2.63. The molecule has 2 rings (SSSR count). The van der Waals surface area contributed by atoms with Crippen molar-refractivity contribution in [3.63, 3.8) is 0 Å². The molecule has 0 fully saturated rings. The van der Waals surface area contributed by atoms with Crippen molar-refractivity contribution in [3.05, 3.63) is 53.8 Å². The third-order valence-electron chi connectivity index (χ3n) is 4.21. The van der Waals surface area contributed by atoms with Crippen LogP contribution in [0, 0.1) is 5.82 Å². The van der Waals surface area contributed by atoms with Gasteiger partial charge in [-0.25, -0.2) is 4.39 Å². The molecule has 0 spiro atoms.